The zero-order chi connectivity index (χ0) is 14.8. The van der Waals surface area contributed by atoms with Crippen LogP contribution in [0.25, 0.3) is 0 Å². The minimum atomic E-state index is -0.568. The summed E-state index contributed by atoms with van der Waals surface area (Å²) in [5.41, 5.74) is 3.65. The summed E-state index contributed by atoms with van der Waals surface area (Å²) in [5, 5.41) is 3.27. The Balaban J connectivity index is 1.93. The highest BCUT2D eigenvalue weighted by atomic mass is 19.1. The van der Waals surface area contributed by atoms with Crippen molar-refractivity contribution < 1.29 is 8.78 Å². The van der Waals surface area contributed by atoms with Gasteiger partial charge in [-0.05, 0) is 18.1 Å². The van der Waals surface area contributed by atoms with Crippen LogP contribution in [0.2, 0.25) is 0 Å². The van der Waals surface area contributed by atoms with E-state index in [-0.39, 0.29) is 6.42 Å². The normalized spacial score (nSPS) is 13.5. The smallest absolute Gasteiger partial charge is 0.133 e. The van der Waals surface area contributed by atoms with Gasteiger partial charge in [0.15, 0.2) is 0 Å². The lowest BCUT2D eigenvalue weighted by molar-refractivity contribution is 0.573. The third-order valence-electron chi connectivity index (χ3n) is 3.67. The van der Waals surface area contributed by atoms with Crippen molar-refractivity contribution in [1.82, 2.24) is 15.3 Å². The Kier molecular flexibility index (Phi) is 3.92. The van der Waals surface area contributed by atoms with Gasteiger partial charge in [0.1, 0.15) is 17.5 Å². The van der Waals surface area contributed by atoms with Gasteiger partial charge in [-0.15, -0.1) is 0 Å². The van der Waals surface area contributed by atoms with Gasteiger partial charge in [0.25, 0.3) is 0 Å². The van der Waals surface area contributed by atoms with Gasteiger partial charge in [-0.1, -0.05) is 19.4 Å². The van der Waals surface area contributed by atoms with E-state index in [0.29, 0.717) is 11.4 Å². The van der Waals surface area contributed by atoms with Crippen molar-refractivity contribution in [2.45, 2.75) is 39.3 Å². The van der Waals surface area contributed by atoms with E-state index in [9.17, 15) is 8.78 Å². The van der Waals surface area contributed by atoms with Crippen molar-refractivity contribution in [3.05, 3.63) is 58.2 Å². The van der Waals surface area contributed by atoms with Gasteiger partial charge in [-0.2, -0.15) is 0 Å². The molecule has 0 radical (unpaired) electrons. The highest BCUT2D eigenvalue weighted by molar-refractivity contribution is 5.31. The van der Waals surface area contributed by atoms with Crippen LogP contribution in [0.3, 0.4) is 0 Å². The number of rotatable bonds is 4. The van der Waals surface area contributed by atoms with Gasteiger partial charge in [0.2, 0.25) is 0 Å². The highest BCUT2D eigenvalue weighted by Crippen LogP contribution is 2.20. The van der Waals surface area contributed by atoms with Crippen LogP contribution in [-0.4, -0.2) is 9.97 Å². The molecule has 3 nitrogen and oxygen atoms in total. The van der Waals surface area contributed by atoms with E-state index in [1.54, 1.807) is 0 Å². The maximum atomic E-state index is 13.8. The van der Waals surface area contributed by atoms with Gasteiger partial charge < -0.3 is 5.32 Å². The zero-order valence-electron chi connectivity index (χ0n) is 11.9. The van der Waals surface area contributed by atoms with Crippen LogP contribution in [0.1, 0.15) is 41.7 Å². The Morgan fingerprint density at radius 1 is 1.19 bits per heavy atom. The lowest BCUT2D eigenvalue weighted by Gasteiger charge is -2.09. The number of fused-ring (bicyclic) bond motifs is 1. The molecule has 0 fully saturated rings. The third-order valence-corrected chi connectivity index (χ3v) is 3.67. The largest absolute Gasteiger partial charge is 0.307 e. The van der Waals surface area contributed by atoms with Crippen molar-refractivity contribution in [3.8, 4) is 0 Å². The number of benzene rings is 1. The molecule has 0 aliphatic carbocycles. The first kappa shape index (κ1) is 14.1. The van der Waals surface area contributed by atoms with Crippen LogP contribution < -0.4 is 5.32 Å². The molecule has 2 heterocycles. The van der Waals surface area contributed by atoms with E-state index in [2.05, 4.69) is 22.2 Å². The lowest BCUT2D eigenvalue weighted by Crippen LogP contribution is -2.07. The Morgan fingerprint density at radius 2 is 2.05 bits per heavy atom. The average molecular weight is 289 g/mol. The second-order valence-corrected chi connectivity index (χ2v) is 5.28. The maximum absolute atomic E-state index is 13.8. The summed E-state index contributed by atoms with van der Waals surface area (Å²) >= 11 is 0. The molecule has 0 saturated carbocycles. The molecule has 3 rings (SSSR count). The average Bonchev–Trinajstić information content (AvgIpc) is 2.91. The molecule has 0 spiro atoms. The fraction of sp³-hybridized carbons (Fsp3) is 0.375. The van der Waals surface area contributed by atoms with E-state index in [0.717, 1.165) is 43.4 Å². The summed E-state index contributed by atoms with van der Waals surface area (Å²) < 4.78 is 26.7. The van der Waals surface area contributed by atoms with Crippen LogP contribution in [-0.2, 0) is 25.9 Å². The number of hydrogen-bond acceptors (Lipinski definition) is 3. The molecule has 0 saturated heterocycles. The molecular formula is C16H17F2N3. The summed E-state index contributed by atoms with van der Waals surface area (Å²) in [7, 11) is 0. The summed E-state index contributed by atoms with van der Waals surface area (Å²) in [6, 6.07) is 3.62. The predicted octanol–water partition coefficient (Wildman–Crippen LogP) is 2.90. The minimum absolute atomic E-state index is 0.288. The van der Waals surface area contributed by atoms with Gasteiger partial charge in [0, 0.05) is 36.8 Å². The fourth-order valence-corrected chi connectivity index (χ4v) is 2.65. The predicted molar refractivity (Wildman–Crippen MR) is 75.7 cm³/mol. The topological polar surface area (TPSA) is 37.8 Å². The molecule has 5 heteroatoms. The van der Waals surface area contributed by atoms with E-state index >= 15 is 0 Å². The number of nitrogens with one attached hydrogen (secondary N) is 1. The number of aromatic nitrogens is 2. The van der Waals surface area contributed by atoms with Crippen LogP contribution in [0, 0.1) is 11.6 Å². The Bertz CT molecular complexity index is 671. The first-order chi connectivity index (χ1) is 10.2. The molecule has 2 aromatic rings. The molecule has 1 aromatic heterocycles. The SMILES string of the molecule is CCCc1nc(Cc2ccc(F)cc2F)nc2c1CNC2. The van der Waals surface area contributed by atoms with Gasteiger partial charge in [-0.3, -0.25) is 0 Å². The summed E-state index contributed by atoms with van der Waals surface area (Å²) in [6.07, 6.45) is 2.19. The molecule has 0 unspecified atom stereocenters. The number of aryl methyl sites for hydroxylation is 1. The molecule has 1 aliphatic heterocycles. The first-order valence-electron chi connectivity index (χ1n) is 7.19. The van der Waals surface area contributed by atoms with Crippen molar-refractivity contribution in [1.29, 1.82) is 0 Å². The van der Waals surface area contributed by atoms with Crippen molar-refractivity contribution >= 4 is 0 Å². The molecule has 0 bridgehead atoms. The molecule has 110 valence electrons. The van der Waals surface area contributed by atoms with E-state index in [1.165, 1.54) is 17.7 Å². The second-order valence-electron chi connectivity index (χ2n) is 5.28. The van der Waals surface area contributed by atoms with Crippen molar-refractivity contribution in [2.24, 2.45) is 0 Å². The quantitative estimate of drug-likeness (QED) is 0.940. The molecule has 1 aromatic carbocycles. The lowest BCUT2D eigenvalue weighted by atomic mass is 10.1. The number of hydrogen-bond donors (Lipinski definition) is 1. The monoisotopic (exact) mass is 289 g/mol. The van der Waals surface area contributed by atoms with E-state index < -0.39 is 11.6 Å². The summed E-state index contributed by atoms with van der Waals surface area (Å²) in [5.74, 6) is -0.511. The van der Waals surface area contributed by atoms with Crippen LogP contribution in [0.15, 0.2) is 18.2 Å². The third kappa shape index (κ3) is 2.93. The fourth-order valence-electron chi connectivity index (χ4n) is 2.65. The maximum Gasteiger partial charge on any atom is 0.133 e. The standard InChI is InChI=1S/C16H17F2N3/c1-2-3-14-12-8-19-9-15(12)21-16(20-14)6-10-4-5-11(17)7-13(10)18/h4-5,7,19H,2-3,6,8-9H2,1H3. The van der Waals surface area contributed by atoms with Crippen molar-refractivity contribution in [2.75, 3.05) is 0 Å². The summed E-state index contributed by atoms with van der Waals surface area (Å²) in [4.78, 5) is 9.10. The van der Waals surface area contributed by atoms with Crippen LogP contribution in [0.4, 0.5) is 8.78 Å². The van der Waals surface area contributed by atoms with Gasteiger partial charge in [-0.25, -0.2) is 18.7 Å². The minimum Gasteiger partial charge on any atom is -0.307 e. The second kappa shape index (κ2) is 5.85. The Hall–Kier alpha value is -1.88. The number of nitrogens with zero attached hydrogens (tertiary/aromatic N) is 2. The first-order valence-corrected chi connectivity index (χ1v) is 7.19. The molecule has 21 heavy (non-hydrogen) atoms. The molecule has 1 N–H and O–H groups in total. The van der Waals surface area contributed by atoms with Crippen LogP contribution >= 0.6 is 0 Å². The van der Waals surface area contributed by atoms with Crippen molar-refractivity contribution in [3.63, 3.8) is 0 Å². The molecule has 1 aliphatic rings. The van der Waals surface area contributed by atoms with E-state index in [1.807, 2.05) is 0 Å². The van der Waals surface area contributed by atoms with Crippen LogP contribution in [0.5, 0.6) is 0 Å². The zero-order valence-corrected chi connectivity index (χ0v) is 11.9. The van der Waals surface area contributed by atoms with Gasteiger partial charge in [0.05, 0.1) is 5.69 Å². The summed E-state index contributed by atoms with van der Waals surface area (Å²) in [6.45, 7) is 3.64. The van der Waals surface area contributed by atoms with E-state index in [4.69, 9.17) is 0 Å². The van der Waals surface area contributed by atoms with Gasteiger partial charge >= 0.3 is 0 Å². The number of halogens is 2. The molecule has 0 amide bonds. The molecular weight excluding hydrogens is 272 g/mol. The Labute approximate surface area is 122 Å². The highest BCUT2D eigenvalue weighted by Gasteiger charge is 2.19. The Morgan fingerprint density at radius 3 is 2.81 bits per heavy atom. The molecule has 0 atom stereocenters.